The summed E-state index contributed by atoms with van der Waals surface area (Å²) in [7, 11) is 1.77. The molecule has 2 aromatic rings. The molecule has 27 heavy (non-hydrogen) atoms. The second-order valence-electron chi connectivity index (χ2n) is 8.28. The van der Waals surface area contributed by atoms with Crippen LogP contribution in [-0.2, 0) is 11.3 Å². The van der Waals surface area contributed by atoms with Crippen LogP contribution in [0.1, 0.15) is 24.5 Å². The molecule has 0 amide bonds. The third-order valence-electron chi connectivity index (χ3n) is 6.33. The van der Waals surface area contributed by atoms with Gasteiger partial charge in [0.25, 0.3) is 0 Å². The number of pyridine rings is 1. The van der Waals surface area contributed by atoms with Gasteiger partial charge >= 0.3 is 0 Å². The number of aromatic nitrogens is 3. The summed E-state index contributed by atoms with van der Waals surface area (Å²) in [5, 5.41) is 5.42. The van der Waals surface area contributed by atoms with Gasteiger partial charge in [0.1, 0.15) is 5.82 Å². The smallest absolute Gasteiger partial charge is 0.142 e. The topological polar surface area (TPSA) is 69.2 Å². The Labute approximate surface area is 164 Å². The molecule has 3 fully saturated rings. The van der Waals surface area contributed by atoms with E-state index in [0.717, 1.165) is 48.7 Å². The summed E-state index contributed by atoms with van der Waals surface area (Å²) in [4.78, 5) is 6.73. The predicted molar refractivity (Wildman–Crippen MR) is 106 cm³/mol. The molecule has 0 radical (unpaired) electrons. The fourth-order valence-electron chi connectivity index (χ4n) is 4.58. The van der Waals surface area contributed by atoms with Crippen molar-refractivity contribution in [3.63, 3.8) is 0 Å². The largest absolute Gasteiger partial charge is 0.383 e. The standard InChI is InChI=1S/C20H26ClN5O/c1-27-5-4-25-10-14-15(11-25)19(14)18-7-17(24-26(18)9-12-2-3-12)13-6-16(21)20(22)23-8-13/h6-8,12,14-15,19H,2-5,9-11H2,1H3,(H2,22,23)/t14-,15+,19?. The Kier molecular flexibility index (Phi) is 4.37. The fraction of sp³-hybridized carbons (Fsp3) is 0.600. The van der Waals surface area contributed by atoms with Crippen molar-refractivity contribution in [1.29, 1.82) is 0 Å². The third-order valence-corrected chi connectivity index (χ3v) is 6.63. The van der Waals surface area contributed by atoms with Crippen molar-refractivity contribution in [3.8, 4) is 11.3 Å². The number of methoxy groups -OCH3 is 1. The van der Waals surface area contributed by atoms with E-state index in [4.69, 9.17) is 27.2 Å². The van der Waals surface area contributed by atoms with E-state index in [0.29, 0.717) is 16.8 Å². The van der Waals surface area contributed by atoms with Crippen LogP contribution in [0, 0.1) is 17.8 Å². The SMILES string of the molecule is COCCN1C[C@@H]2C(c3cc(-c4cnc(N)c(Cl)c4)nn3CC3CC3)[C@@H]2C1. The lowest BCUT2D eigenvalue weighted by atomic mass is 10.1. The average molecular weight is 388 g/mol. The number of nitrogens with zero attached hydrogens (tertiary/aromatic N) is 4. The molecule has 2 saturated carbocycles. The van der Waals surface area contributed by atoms with Gasteiger partial charge in [0.05, 0.1) is 17.3 Å². The summed E-state index contributed by atoms with van der Waals surface area (Å²) >= 11 is 6.18. The van der Waals surface area contributed by atoms with Crippen LogP contribution in [0.4, 0.5) is 5.82 Å². The molecule has 2 N–H and O–H groups in total. The van der Waals surface area contributed by atoms with Crippen molar-refractivity contribution in [3.05, 3.63) is 29.0 Å². The molecule has 2 aliphatic carbocycles. The van der Waals surface area contributed by atoms with Crippen LogP contribution < -0.4 is 5.73 Å². The number of hydrogen-bond donors (Lipinski definition) is 1. The van der Waals surface area contributed by atoms with E-state index in [1.165, 1.54) is 31.6 Å². The molecule has 0 bridgehead atoms. The molecule has 0 aromatic carbocycles. The van der Waals surface area contributed by atoms with E-state index in [1.54, 1.807) is 13.3 Å². The van der Waals surface area contributed by atoms with Crippen LogP contribution in [0.5, 0.6) is 0 Å². The van der Waals surface area contributed by atoms with E-state index < -0.39 is 0 Å². The molecule has 3 heterocycles. The molecule has 1 saturated heterocycles. The first-order valence-corrected chi connectivity index (χ1v) is 10.2. The van der Waals surface area contributed by atoms with Crippen LogP contribution in [0.25, 0.3) is 11.3 Å². The second kappa shape index (κ2) is 6.76. The molecular formula is C20H26ClN5O. The lowest BCUT2D eigenvalue weighted by molar-refractivity contribution is 0.153. The van der Waals surface area contributed by atoms with Gasteiger partial charge in [-0.3, -0.25) is 4.68 Å². The minimum Gasteiger partial charge on any atom is -0.383 e. The van der Waals surface area contributed by atoms with Crippen molar-refractivity contribution in [2.45, 2.75) is 25.3 Å². The van der Waals surface area contributed by atoms with Crippen LogP contribution in [-0.4, -0.2) is 53.0 Å². The molecule has 144 valence electrons. The van der Waals surface area contributed by atoms with Crippen molar-refractivity contribution in [2.24, 2.45) is 17.8 Å². The third kappa shape index (κ3) is 3.35. The first-order valence-electron chi connectivity index (χ1n) is 9.84. The Morgan fingerprint density at radius 1 is 1.26 bits per heavy atom. The number of hydrogen-bond acceptors (Lipinski definition) is 5. The van der Waals surface area contributed by atoms with Crippen LogP contribution in [0.2, 0.25) is 5.02 Å². The van der Waals surface area contributed by atoms with Gasteiger partial charge in [0.15, 0.2) is 0 Å². The van der Waals surface area contributed by atoms with Gasteiger partial charge in [-0.15, -0.1) is 0 Å². The van der Waals surface area contributed by atoms with Crippen LogP contribution >= 0.6 is 11.6 Å². The van der Waals surface area contributed by atoms with E-state index in [9.17, 15) is 0 Å². The fourth-order valence-corrected chi connectivity index (χ4v) is 4.74. The number of anilines is 1. The Bertz CT molecular complexity index is 837. The zero-order valence-electron chi connectivity index (χ0n) is 15.6. The Hall–Kier alpha value is -1.63. The molecule has 2 aromatic heterocycles. The number of likely N-dealkylation sites (tertiary alicyclic amines) is 1. The van der Waals surface area contributed by atoms with Gasteiger partial charge in [-0.2, -0.15) is 5.10 Å². The van der Waals surface area contributed by atoms with Gasteiger partial charge in [-0.1, -0.05) is 11.6 Å². The molecule has 7 heteroatoms. The highest BCUT2D eigenvalue weighted by atomic mass is 35.5. The van der Waals surface area contributed by atoms with Crippen molar-refractivity contribution < 1.29 is 4.74 Å². The van der Waals surface area contributed by atoms with Gasteiger partial charge in [-0.05, 0) is 42.7 Å². The van der Waals surface area contributed by atoms with Gasteiger partial charge < -0.3 is 15.4 Å². The van der Waals surface area contributed by atoms with Gasteiger partial charge in [0.2, 0.25) is 0 Å². The summed E-state index contributed by atoms with van der Waals surface area (Å²) in [5.74, 6) is 3.32. The Morgan fingerprint density at radius 2 is 2.04 bits per heavy atom. The lowest BCUT2D eigenvalue weighted by Gasteiger charge is -2.19. The summed E-state index contributed by atoms with van der Waals surface area (Å²) in [6.07, 6.45) is 4.42. The highest BCUT2D eigenvalue weighted by molar-refractivity contribution is 6.33. The van der Waals surface area contributed by atoms with Crippen molar-refractivity contribution >= 4 is 17.4 Å². The number of rotatable bonds is 7. The van der Waals surface area contributed by atoms with Crippen LogP contribution in [0.15, 0.2) is 18.3 Å². The molecule has 3 atom stereocenters. The lowest BCUT2D eigenvalue weighted by Crippen LogP contribution is -2.28. The predicted octanol–water partition coefficient (Wildman–Crippen LogP) is 2.88. The monoisotopic (exact) mass is 387 g/mol. The minimum absolute atomic E-state index is 0.367. The summed E-state index contributed by atoms with van der Waals surface area (Å²) in [6, 6.07) is 4.13. The zero-order chi connectivity index (χ0) is 18.5. The Morgan fingerprint density at radius 3 is 2.70 bits per heavy atom. The van der Waals surface area contributed by atoms with E-state index in [2.05, 4.69) is 20.6 Å². The quantitative estimate of drug-likeness (QED) is 0.791. The maximum Gasteiger partial charge on any atom is 0.142 e. The molecule has 0 spiro atoms. The minimum atomic E-state index is 0.367. The average Bonchev–Trinajstić information content (AvgIpc) is 3.50. The molecule has 5 rings (SSSR count). The van der Waals surface area contributed by atoms with Crippen molar-refractivity contribution in [1.82, 2.24) is 19.7 Å². The summed E-state index contributed by atoms with van der Waals surface area (Å²) in [5.41, 5.74) is 9.06. The first kappa shape index (κ1) is 17.5. The maximum atomic E-state index is 6.18. The molecule has 1 aliphatic heterocycles. The van der Waals surface area contributed by atoms with E-state index >= 15 is 0 Å². The number of nitrogens with two attached hydrogens (primary N) is 1. The normalized spacial score (nSPS) is 27.1. The van der Waals surface area contributed by atoms with Gasteiger partial charge in [-0.25, -0.2) is 4.98 Å². The first-order chi connectivity index (χ1) is 13.1. The number of nitrogen functional groups attached to an aromatic ring is 1. The van der Waals surface area contributed by atoms with E-state index in [-0.39, 0.29) is 0 Å². The second-order valence-corrected chi connectivity index (χ2v) is 8.68. The van der Waals surface area contributed by atoms with E-state index in [1.807, 2.05) is 6.07 Å². The highest BCUT2D eigenvalue weighted by Crippen LogP contribution is 2.58. The maximum absolute atomic E-state index is 6.18. The Balaban J connectivity index is 1.38. The highest BCUT2D eigenvalue weighted by Gasteiger charge is 2.57. The number of ether oxygens (including phenoxy) is 1. The molecule has 3 aliphatic rings. The zero-order valence-corrected chi connectivity index (χ0v) is 16.4. The van der Waals surface area contributed by atoms with Crippen molar-refractivity contribution in [2.75, 3.05) is 39.1 Å². The number of piperidine rings is 1. The molecule has 6 nitrogen and oxygen atoms in total. The van der Waals surface area contributed by atoms with Gasteiger partial charge in [0, 0.05) is 56.7 Å². The number of fused-ring (bicyclic) bond motifs is 1. The van der Waals surface area contributed by atoms with Crippen LogP contribution in [0.3, 0.4) is 0 Å². The summed E-state index contributed by atoms with van der Waals surface area (Å²) < 4.78 is 7.49. The summed E-state index contributed by atoms with van der Waals surface area (Å²) in [6.45, 7) is 5.25. The molecular weight excluding hydrogens is 362 g/mol. The number of halogens is 1. The molecule has 1 unspecified atom stereocenters.